The van der Waals surface area contributed by atoms with E-state index in [4.69, 9.17) is 23.2 Å². The van der Waals surface area contributed by atoms with Gasteiger partial charge in [0.05, 0.1) is 5.02 Å². The average Bonchev–Trinajstić information content (AvgIpc) is 3.18. The highest BCUT2D eigenvalue weighted by molar-refractivity contribution is 7.18. The second kappa shape index (κ2) is 7.84. The van der Waals surface area contributed by atoms with Gasteiger partial charge in [-0.25, -0.2) is 0 Å². The number of halogens is 2. The molecule has 0 aliphatic carbocycles. The Kier molecular flexibility index (Phi) is 5.29. The van der Waals surface area contributed by atoms with Crippen LogP contribution < -0.4 is 4.90 Å². The van der Waals surface area contributed by atoms with Crippen LogP contribution in [-0.4, -0.2) is 47.2 Å². The minimum atomic E-state index is 0.0281. The SMILES string of the molecule is O=C(c1ccc(Cl)cc1)N1CCN(c2nnc(-c3ccccc3Cl)s2)CC1. The monoisotopic (exact) mass is 418 g/mol. The highest BCUT2D eigenvalue weighted by Gasteiger charge is 2.24. The molecule has 1 aliphatic rings. The summed E-state index contributed by atoms with van der Waals surface area (Å²) in [5, 5.41) is 11.5. The third-order valence-corrected chi connectivity index (χ3v) is 6.05. The minimum absolute atomic E-state index is 0.0281. The highest BCUT2D eigenvalue weighted by Crippen LogP contribution is 2.33. The Hall–Kier alpha value is -2.15. The van der Waals surface area contributed by atoms with E-state index in [1.165, 1.54) is 11.3 Å². The van der Waals surface area contributed by atoms with Crippen LogP contribution in [0.4, 0.5) is 5.13 Å². The molecule has 1 amide bonds. The van der Waals surface area contributed by atoms with Gasteiger partial charge in [-0.3, -0.25) is 4.79 Å². The summed E-state index contributed by atoms with van der Waals surface area (Å²) in [6.07, 6.45) is 0. The molecule has 2 heterocycles. The summed E-state index contributed by atoms with van der Waals surface area (Å²) in [7, 11) is 0. The minimum Gasteiger partial charge on any atom is -0.343 e. The van der Waals surface area contributed by atoms with Crippen molar-refractivity contribution in [3.8, 4) is 10.6 Å². The van der Waals surface area contributed by atoms with E-state index in [0.29, 0.717) is 28.7 Å². The molecule has 138 valence electrons. The molecule has 0 radical (unpaired) electrons. The number of nitrogens with zero attached hydrogens (tertiary/aromatic N) is 4. The Balaban J connectivity index is 1.42. The zero-order chi connectivity index (χ0) is 18.8. The van der Waals surface area contributed by atoms with E-state index in [9.17, 15) is 4.79 Å². The molecule has 3 aromatic rings. The summed E-state index contributed by atoms with van der Waals surface area (Å²) in [4.78, 5) is 16.6. The first kappa shape index (κ1) is 18.2. The lowest BCUT2D eigenvalue weighted by molar-refractivity contribution is 0.0747. The molecule has 0 N–H and O–H groups in total. The van der Waals surface area contributed by atoms with Crippen molar-refractivity contribution in [1.29, 1.82) is 0 Å². The number of aromatic nitrogens is 2. The standard InChI is InChI=1S/C19H16Cl2N4OS/c20-14-7-5-13(6-8-14)18(26)24-9-11-25(12-10-24)19-23-22-17(27-19)15-3-1-2-4-16(15)21/h1-8H,9-12H2. The molecule has 1 saturated heterocycles. The van der Waals surface area contributed by atoms with E-state index in [2.05, 4.69) is 15.1 Å². The molecular formula is C19H16Cl2N4OS. The Morgan fingerprint density at radius 3 is 2.33 bits per heavy atom. The zero-order valence-corrected chi connectivity index (χ0v) is 16.6. The fourth-order valence-corrected chi connectivity index (χ4v) is 4.31. The van der Waals surface area contributed by atoms with Gasteiger partial charge in [-0.05, 0) is 30.3 Å². The smallest absolute Gasteiger partial charge is 0.253 e. The molecule has 27 heavy (non-hydrogen) atoms. The van der Waals surface area contributed by atoms with Gasteiger partial charge >= 0.3 is 0 Å². The predicted molar refractivity (Wildman–Crippen MR) is 110 cm³/mol. The first-order valence-corrected chi connectivity index (χ1v) is 10.1. The third kappa shape index (κ3) is 3.93. The van der Waals surface area contributed by atoms with Gasteiger partial charge in [-0.1, -0.05) is 52.7 Å². The van der Waals surface area contributed by atoms with Crippen LogP contribution in [-0.2, 0) is 0 Å². The number of carbonyl (C=O) groups excluding carboxylic acids is 1. The topological polar surface area (TPSA) is 49.3 Å². The zero-order valence-electron chi connectivity index (χ0n) is 14.3. The maximum Gasteiger partial charge on any atom is 0.253 e. The normalized spacial score (nSPS) is 14.4. The van der Waals surface area contributed by atoms with E-state index in [1.54, 1.807) is 24.3 Å². The van der Waals surface area contributed by atoms with Crippen LogP contribution in [0.3, 0.4) is 0 Å². The number of amides is 1. The van der Waals surface area contributed by atoms with Crippen LogP contribution in [0.25, 0.3) is 10.6 Å². The third-order valence-electron chi connectivity index (χ3n) is 4.45. The Labute approximate surface area is 171 Å². The lowest BCUT2D eigenvalue weighted by atomic mass is 10.2. The summed E-state index contributed by atoms with van der Waals surface area (Å²) in [5.41, 5.74) is 1.55. The van der Waals surface area contributed by atoms with E-state index in [0.717, 1.165) is 28.8 Å². The molecule has 4 rings (SSSR count). The van der Waals surface area contributed by atoms with Crippen molar-refractivity contribution < 1.29 is 4.79 Å². The Bertz CT molecular complexity index is 952. The van der Waals surface area contributed by atoms with Crippen molar-refractivity contribution in [2.75, 3.05) is 31.1 Å². The molecule has 0 saturated carbocycles. The number of carbonyl (C=O) groups is 1. The van der Waals surface area contributed by atoms with Crippen LogP contribution in [0.5, 0.6) is 0 Å². The lowest BCUT2D eigenvalue weighted by Crippen LogP contribution is -2.48. The molecule has 0 unspecified atom stereocenters. The van der Waals surface area contributed by atoms with Crippen LogP contribution in [0.1, 0.15) is 10.4 Å². The van der Waals surface area contributed by atoms with E-state index >= 15 is 0 Å². The maximum absolute atomic E-state index is 12.6. The summed E-state index contributed by atoms with van der Waals surface area (Å²) >= 11 is 13.7. The molecule has 1 fully saturated rings. The molecule has 1 aliphatic heterocycles. The molecule has 0 bridgehead atoms. The van der Waals surface area contributed by atoms with Gasteiger partial charge in [-0.2, -0.15) is 0 Å². The maximum atomic E-state index is 12.6. The number of hydrogen-bond donors (Lipinski definition) is 0. The van der Waals surface area contributed by atoms with E-state index in [1.807, 2.05) is 29.2 Å². The van der Waals surface area contributed by atoms with Crippen molar-refractivity contribution in [2.24, 2.45) is 0 Å². The van der Waals surface area contributed by atoms with Crippen molar-refractivity contribution in [3.05, 3.63) is 64.1 Å². The van der Waals surface area contributed by atoms with Crippen molar-refractivity contribution in [2.45, 2.75) is 0 Å². The van der Waals surface area contributed by atoms with Gasteiger partial charge < -0.3 is 9.80 Å². The van der Waals surface area contributed by atoms with Crippen LogP contribution >= 0.6 is 34.5 Å². The molecular weight excluding hydrogens is 403 g/mol. The lowest BCUT2D eigenvalue weighted by Gasteiger charge is -2.34. The van der Waals surface area contributed by atoms with E-state index in [-0.39, 0.29) is 5.91 Å². The molecule has 8 heteroatoms. The summed E-state index contributed by atoms with van der Waals surface area (Å²) in [6, 6.07) is 14.6. The highest BCUT2D eigenvalue weighted by atomic mass is 35.5. The second-order valence-corrected chi connectivity index (χ2v) is 7.96. The fourth-order valence-electron chi connectivity index (χ4n) is 2.96. The first-order valence-electron chi connectivity index (χ1n) is 8.50. The summed E-state index contributed by atoms with van der Waals surface area (Å²) < 4.78 is 0. The number of hydrogen-bond acceptors (Lipinski definition) is 5. The van der Waals surface area contributed by atoms with Crippen LogP contribution in [0, 0.1) is 0 Å². The quantitative estimate of drug-likeness (QED) is 0.629. The van der Waals surface area contributed by atoms with Gasteiger partial charge in [0, 0.05) is 42.3 Å². The second-order valence-electron chi connectivity index (χ2n) is 6.16. The number of piperazine rings is 1. The Morgan fingerprint density at radius 1 is 0.926 bits per heavy atom. The molecule has 0 spiro atoms. The largest absolute Gasteiger partial charge is 0.343 e. The van der Waals surface area contributed by atoms with Crippen molar-refractivity contribution >= 4 is 45.6 Å². The van der Waals surface area contributed by atoms with Gasteiger partial charge in [0.25, 0.3) is 5.91 Å². The average molecular weight is 419 g/mol. The molecule has 0 atom stereocenters. The number of benzene rings is 2. The van der Waals surface area contributed by atoms with E-state index < -0.39 is 0 Å². The van der Waals surface area contributed by atoms with Gasteiger partial charge in [0.1, 0.15) is 0 Å². The number of rotatable bonds is 3. The van der Waals surface area contributed by atoms with Crippen molar-refractivity contribution in [1.82, 2.24) is 15.1 Å². The van der Waals surface area contributed by atoms with Crippen molar-refractivity contribution in [3.63, 3.8) is 0 Å². The predicted octanol–water partition coefficient (Wildman–Crippen LogP) is 4.47. The van der Waals surface area contributed by atoms with Crippen LogP contribution in [0.2, 0.25) is 10.0 Å². The molecule has 2 aromatic carbocycles. The Morgan fingerprint density at radius 2 is 1.63 bits per heavy atom. The summed E-state index contributed by atoms with van der Waals surface area (Å²) in [5.74, 6) is 0.0281. The van der Waals surface area contributed by atoms with Gasteiger partial charge in [0.15, 0.2) is 5.01 Å². The van der Waals surface area contributed by atoms with Gasteiger partial charge in [0.2, 0.25) is 5.13 Å². The summed E-state index contributed by atoms with van der Waals surface area (Å²) in [6.45, 7) is 2.72. The fraction of sp³-hybridized carbons (Fsp3) is 0.211. The van der Waals surface area contributed by atoms with Crippen LogP contribution in [0.15, 0.2) is 48.5 Å². The first-order chi connectivity index (χ1) is 13.1. The number of anilines is 1. The molecule has 1 aromatic heterocycles. The van der Waals surface area contributed by atoms with Gasteiger partial charge in [-0.15, -0.1) is 10.2 Å². The molecule has 5 nitrogen and oxygen atoms in total.